The molecule has 2 nitrogen and oxygen atoms in total. The number of rotatable bonds is 4. The van der Waals surface area contributed by atoms with Crippen LogP contribution < -0.4 is 5.32 Å². The number of carbonyl (C=O) groups is 1. The predicted octanol–water partition coefficient (Wildman–Crippen LogP) is 4.51. The van der Waals surface area contributed by atoms with Gasteiger partial charge in [0.25, 0.3) is 5.91 Å². The van der Waals surface area contributed by atoms with Gasteiger partial charge in [-0.05, 0) is 30.2 Å². The number of nitrogens with one attached hydrogen (secondary N) is 1. The molecule has 0 aliphatic rings. The van der Waals surface area contributed by atoms with Crippen LogP contribution in [-0.4, -0.2) is 5.91 Å². The van der Waals surface area contributed by atoms with Gasteiger partial charge in [-0.25, -0.2) is 0 Å². The monoisotopic (exact) mass is 301 g/mol. The Morgan fingerprint density at radius 1 is 0.739 bits per heavy atom. The van der Waals surface area contributed by atoms with Crippen LogP contribution in [0.4, 0.5) is 0 Å². The van der Waals surface area contributed by atoms with Crippen LogP contribution in [-0.2, 0) is 0 Å². The Balaban J connectivity index is 1.93. The van der Waals surface area contributed by atoms with Gasteiger partial charge in [-0.3, -0.25) is 4.79 Å². The lowest BCUT2D eigenvalue weighted by atomic mass is 9.97. The quantitative estimate of drug-likeness (QED) is 0.754. The Hall–Kier alpha value is -2.87. The third kappa shape index (κ3) is 3.67. The van der Waals surface area contributed by atoms with Crippen molar-refractivity contribution >= 4 is 5.91 Å². The normalized spacial score (nSPS) is 11.7. The number of benzene rings is 3. The number of aryl methyl sites for hydroxylation is 1. The summed E-state index contributed by atoms with van der Waals surface area (Å²) >= 11 is 0. The molecule has 1 atom stereocenters. The summed E-state index contributed by atoms with van der Waals surface area (Å²) in [7, 11) is 0. The molecule has 3 aromatic rings. The van der Waals surface area contributed by atoms with Crippen molar-refractivity contribution in [3.05, 3.63) is 107 Å². The summed E-state index contributed by atoms with van der Waals surface area (Å²) in [5, 5.41) is 3.15. The van der Waals surface area contributed by atoms with Crippen molar-refractivity contribution in [2.24, 2.45) is 0 Å². The average Bonchev–Trinajstić information content (AvgIpc) is 2.62. The van der Waals surface area contributed by atoms with Gasteiger partial charge in [0.2, 0.25) is 0 Å². The maximum atomic E-state index is 12.6. The van der Waals surface area contributed by atoms with Gasteiger partial charge >= 0.3 is 0 Å². The van der Waals surface area contributed by atoms with E-state index in [1.54, 1.807) is 0 Å². The van der Waals surface area contributed by atoms with E-state index >= 15 is 0 Å². The molecule has 0 saturated heterocycles. The van der Waals surface area contributed by atoms with Gasteiger partial charge in [0.1, 0.15) is 0 Å². The second-order valence-corrected chi connectivity index (χ2v) is 5.59. The lowest BCUT2D eigenvalue weighted by Gasteiger charge is -2.20. The van der Waals surface area contributed by atoms with Gasteiger partial charge < -0.3 is 5.32 Å². The van der Waals surface area contributed by atoms with Crippen molar-refractivity contribution in [2.75, 3.05) is 0 Å². The van der Waals surface area contributed by atoms with E-state index in [2.05, 4.69) is 36.5 Å². The third-order valence-electron chi connectivity index (χ3n) is 3.85. The maximum absolute atomic E-state index is 12.6. The highest BCUT2D eigenvalue weighted by molar-refractivity contribution is 5.94. The molecule has 0 bridgehead atoms. The predicted molar refractivity (Wildman–Crippen MR) is 93.4 cm³/mol. The van der Waals surface area contributed by atoms with Crippen LogP contribution >= 0.6 is 0 Å². The van der Waals surface area contributed by atoms with Gasteiger partial charge in [-0.2, -0.15) is 0 Å². The molecule has 2 heteroatoms. The molecule has 0 spiro atoms. The highest BCUT2D eigenvalue weighted by Crippen LogP contribution is 2.23. The van der Waals surface area contributed by atoms with Crippen molar-refractivity contribution in [3.8, 4) is 0 Å². The molecule has 0 fully saturated rings. The van der Waals surface area contributed by atoms with E-state index in [0.717, 1.165) is 11.1 Å². The summed E-state index contributed by atoms with van der Waals surface area (Å²) in [4.78, 5) is 12.6. The molecule has 3 rings (SSSR count). The SMILES string of the molecule is Cc1ccc(C(NC(=O)c2ccccc2)c2ccccc2)cc1. The molecule has 0 aromatic heterocycles. The summed E-state index contributed by atoms with van der Waals surface area (Å²) in [6.45, 7) is 2.06. The zero-order valence-electron chi connectivity index (χ0n) is 13.1. The zero-order valence-corrected chi connectivity index (χ0v) is 13.1. The van der Waals surface area contributed by atoms with E-state index in [1.165, 1.54) is 5.56 Å². The van der Waals surface area contributed by atoms with E-state index in [-0.39, 0.29) is 11.9 Å². The Labute approximate surface area is 136 Å². The molecule has 1 amide bonds. The van der Waals surface area contributed by atoms with Crippen LogP contribution in [0.1, 0.15) is 33.1 Å². The highest BCUT2D eigenvalue weighted by atomic mass is 16.1. The Kier molecular flexibility index (Phi) is 4.53. The Morgan fingerprint density at radius 2 is 1.26 bits per heavy atom. The molecule has 0 aliphatic heterocycles. The second-order valence-electron chi connectivity index (χ2n) is 5.59. The number of amides is 1. The van der Waals surface area contributed by atoms with Crippen molar-refractivity contribution in [1.82, 2.24) is 5.32 Å². The van der Waals surface area contributed by atoms with Crippen LogP contribution in [0.2, 0.25) is 0 Å². The molecule has 3 aromatic carbocycles. The average molecular weight is 301 g/mol. The van der Waals surface area contributed by atoms with Crippen molar-refractivity contribution in [1.29, 1.82) is 0 Å². The van der Waals surface area contributed by atoms with Gasteiger partial charge in [0.15, 0.2) is 0 Å². The van der Waals surface area contributed by atoms with E-state index < -0.39 is 0 Å². The first-order valence-corrected chi connectivity index (χ1v) is 7.71. The molecule has 0 aliphatic carbocycles. The first-order valence-electron chi connectivity index (χ1n) is 7.71. The second kappa shape index (κ2) is 6.93. The smallest absolute Gasteiger partial charge is 0.252 e. The lowest BCUT2D eigenvalue weighted by molar-refractivity contribution is 0.0943. The van der Waals surface area contributed by atoms with E-state index in [4.69, 9.17) is 0 Å². The molecule has 0 heterocycles. The highest BCUT2D eigenvalue weighted by Gasteiger charge is 2.17. The molecule has 0 saturated carbocycles. The van der Waals surface area contributed by atoms with Crippen molar-refractivity contribution < 1.29 is 4.79 Å². The maximum Gasteiger partial charge on any atom is 0.252 e. The van der Waals surface area contributed by atoms with Crippen LogP contribution in [0.3, 0.4) is 0 Å². The summed E-state index contributed by atoms with van der Waals surface area (Å²) < 4.78 is 0. The van der Waals surface area contributed by atoms with Gasteiger partial charge in [0.05, 0.1) is 6.04 Å². The topological polar surface area (TPSA) is 29.1 Å². The number of hydrogen-bond acceptors (Lipinski definition) is 1. The van der Waals surface area contributed by atoms with E-state index in [1.807, 2.05) is 60.7 Å². The summed E-state index contributed by atoms with van der Waals surface area (Å²) in [5.74, 6) is -0.0694. The van der Waals surface area contributed by atoms with E-state index in [0.29, 0.717) is 5.56 Å². The minimum absolute atomic E-state index is 0.0694. The molecule has 1 unspecified atom stereocenters. The first-order chi connectivity index (χ1) is 11.2. The first kappa shape index (κ1) is 15.0. The van der Waals surface area contributed by atoms with Gasteiger partial charge in [-0.1, -0.05) is 78.4 Å². The van der Waals surface area contributed by atoms with Gasteiger partial charge in [-0.15, -0.1) is 0 Å². The molecule has 23 heavy (non-hydrogen) atoms. The molecule has 1 N–H and O–H groups in total. The standard InChI is InChI=1S/C21H19NO/c1-16-12-14-18(15-13-16)20(17-8-4-2-5-9-17)22-21(23)19-10-6-3-7-11-19/h2-15,20H,1H3,(H,22,23). The molecule has 0 radical (unpaired) electrons. The zero-order chi connectivity index (χ0) is 16.1. The lowest BCUT2D eigenvalue weighted by Crippen LogP contribution is -2.29. The largest absolute Gasteiger partial charge is 0.341 e. The summed E-state index contributed by atoms with van der Waals surface area (Å²) in [6.07, 6.45) is 0. The van der Waals surface area contributed by atoms with Crippen molar-refractivity contribution in [2.45, 2.75) is 13.0 Å². The summed E-state index contributed by atoms with van der Waals surface area (Å²) in [5.41, 5.74) is 4.02. The van der Waals surface area contributed by atoms with E-state index in [9.17, 15) is 4.79 Å². The van der Waals surface area contributed by atoms with Crippen LogP contribution in [0, 0.1) is 6.92 Å². The molecular weight excluding hydrogens is 282 g/mol. The molecular formula is C21H19NO. The minimum Gasteiger partial charge on any atom is -0.341 e. The fraction of sp³-hybridized carbons (Fsp3) is 0.0952. The Morgan fingerprint density at radius 3 is 1.87 bits per heavy atom. The van der Waals surface area contributed by atoms with Crippen LogP contribution in [0.25, 0.3) is 0 Å². The fourth-order valence-electron chi connectivity index (χ4n) is 2.57. The fourth-order valence-corrected chi connectivity index (χ4v) is 2.57. The Bertz CT molecular complexity index is 764. The van der Waals surface area contributed by atoms with Crippen molar-refractivity contribution in [3.63, 3.8) is 0 Å². The minimum atomic E-state index is -0.162. The number of hydrogen-bond donors (Lipinski definition) is 1. The number of carbonyl (C=O) groups excluding carboxylic acids is 1. The van der Waals surface area contributed by atoms with Crippen LogP contribution in [0.15, 0.2) is 84.9 Å². The third-order valence-corrected chi connectivity index (χ3v) is 3.85. The van der Waals surface area contributed by atoms with Gasteiger partial charge in [0, 0.05) is 5.56 Å². The molecule has 114 valence electrons. The van der Waals surface area contributed by atoms with Crippen LogP contribution in [0.5, 0.6) is 0 Å². The summed E-state index contributed by atoms with van der Waals surface area (Å²) in [6, 6.07) is 27.5.